The highest BCUT2D eigenvalue weighted by Crippen LogP contribution is 2.26. The molecule has 0 bridgehead atoms. The number of halogens is 2. The first kappa shape index (κ1) is 13.5. The van der Waals surface area contributed by atoms with Gasteiger partial charge >= 0.3 is 6.03 Å². The molecule has 0 saturated heterocycles. The van der Waals surface area contributed by atoms with Crippen LogP contribution in [0, 0.1) is 0 Å². The van der Waals surface area contributed by atoms with E-state index < -0.39 is 6.03 Å². The van der Waals surface area contributed by atoms with Gasteiger partial charge in [-0.05, 0) is 42.5 Å². The van der Waals surface area contributed by atoms with Gasteiger partial charge < -0.3 is 15.7 Å². The lowest BCUT2D eigenvalue weighted by molar-refractivity contribution is 0.262. The quantitative estimate of drug-likeness (QED) is 0.722. The first-order chi connectivity index (χ1) is 9.04. The molecule has 19 heavy (non-hydrogen) atoms. The monoisotopic (exact) mass is 296 g/mol. The van der Waals surface area contributed by atoms with Crippen molar-refractivity contribution in [1.82, 2.24) is 0 Å². The Balaban J connectivity index is 2.05. The molecular weight excluding hydrogens is 287 g/mol. The third-order valence-corrected chi connectivity index (χ3v) is 2.80. The molecule has 4 nitrogen and oxygen atoms in total. The van der Waals surface area contributed by atoms with Crippen molar-refractivity contribution in [2.24, 2.45) is 0 Å². The second kappa shape index (κ2) is 5.82. The molecule has 0 atom stereocenters. The van der Waals surface area contributed by atoms with E-state index in [-0.39, 0.29) is 11.4 Å². The summed E-state index contributed by atoms with van der Waals surface area (Å²) in [5.74, 6) is -0.0596. The molecule has 0 aliphatic rings. The molecule has 0 aliphatic heterocycles. The minimum atomic E-state index is -0.486. The molecule has 0 spiro atoms. The normalized spacial score (nSPS) is 10.0. The summed E-state index contributed by atoms with van der Waals surface area (Å²) in [6, 6.07) is 10.6. The van der Waals surface area contributed by atoms with E-state index in [1.54, 1.807) is 24.3 Å². The van der Waals surface area contributed by atoms with Crippen LogP contribution in [-0.2, 0) is 0 Å². The van der Waals surface area contributed by atoms with Crippen molar-refractivity contribution < 1.29 is 9.90 Å². The standard InChI is InChI=1S/C13H10Cl2N2O2/c14-8-1-4-10(5-2-8)16-13(19)17-11-7-9(15)3-6-12(11)18/h1-7,18H,(H2,16,17,19). The fraction of sp³-hybridized carbons (Fsp3) is 0. The SMILES string of the molecule is O=C(Nc1ccc(Cl)cc1)Nc1cc(Cl)ccc1O. The van der Waals surface area contributed by atoms with Crippen LogP contribution in [0.15, 0.2) is 42.5 Å². The Bertz CT molecular complexity index is 600. The molecule has 0 radical (unpaired) electrons. The topological polar surface area (TPSA) is 61.4 Å². The maximum absolute atomic E-state index is 11.7. The number of rotatable bonds is 2. The van der Waals surface area contributed by atoms with Crippen LogP contribution >= 0.6 is 23.2 Å². The maximum atomic E-state index is 11.7. The van der Waals surface area contributed by atoms with Crippen molar-refractivity contribution in [2.45, 2.75) is 0 Å². The Morgan fingerprint density at radius 3 is 2.26 bits per heavy atom. The zero-order chi connectivity index (χ0) is 13.8. The molecule has 0 aromatic heterocycles. The maximum Gasteiger partial charge on any atom is 0.323 e. The van der Waals surface area contributed by atoms with Crippen molar-refractivity contribution in [2.75, 3.05) is 10.6 Å². The first-order valence-electron chi connectivity index (χ1n) is 5.37. The summed E-state index contributed by atoms with van der Waals surface area (Å²) in [5, 5.41) is 15.7. The first-order valence-corrected chi connectivity index (χ1v) is 6.12. The minimum absolute atomic E-state index is 0.0596. The molecule has 0 fully saturated rings. The Morgan fingerprint density at radius 1 is 0.947 bits per heavy atom. The lowest BCUT2D eigenvalue weighted by atomic mass is 10.3. The molecule has 2 aromatic carbocycles. The van der Waals surface area contributed by atoms with Crippen LogP contribution in [0.1, 0.15) is 0 Å². The lowest BCUT2D eigenvalue weighted by Gasteiger charge is -2.09. The van der Waals surface area contributed by atoms with E-state index in [2.05, 4.69) is 10.6 Å². The highest BCUT2D eigenvalue weighted by atomic mass is 35.5. The Morgan fingerprint density at radius 2 is 1.58 bits per heavy atom. The molecule has 6 heteroatoms. The van der Waals surface area contributed by atoms with Gasteiger partial charge in [-0.2, -0.15) is 0 Å². The smallest absolute Gasteiger partial charge is 0.323 e. The van der Waals surface area contributed by atoms with Crippen molar-refractivity contribution in [1.29, 1.82) is 0 Å². The average Bonchev–Trinajstić information content (AvgIpc) is 2.37. The fourth-order valence-electron chi connectivity index (χ4n) is 1.43. The van der Waals surface area contributed by atoms with Gasteiger partial charge in [-0.3, -0.25) is 0 Å². The highest BCUT2D eigenvalue weighted by molar-refractivity contribution is 6.31. The van der Waals surface area contributed by atoms with Crippen molar-refractivity contribution in [3.63, 3.8) is 0 Å². The molecular formula is C13H10Cl2N2O2. The van der Waals surface area contributed by atoms with Crippen LogP contribution in [0.4, 0.5) is 16.2 Å². The number of phenolic OH excluding ortho intramolecular Hbond substituents is 1. The van der Waals surface area contributed by atoms with Gasteiger partial charge in [0.15, 0.2) is 0 Å². The predicted molar refractivity (Wildman–Crippen MR) is 77.2 cm³/mol. The molecule has 0 heterocycles. The summed E-state index contributed by atoms with van der Waals surface area (Å²) >= 11 is 11.5. The van der Waals surface area contributed by atoms with E-state index in [1.807, 2.05) is 0 Å². The van der Waals surface area contributed by atoms with Gasteiger partial charge in [0.1, 0.15) is 5.75 Å². The predicted octanol–water partition coefficient (Wildman–Crippen LogP) is 4.34. The largest absolute Gasteiger partial charge is 0.506 e. The number of hydrogen-bond acceptors (Lipinski definition) is 2. The van der Waals surface area contributed by atoms with Crippen LogP contribution in [0.2, 0.25) is 10.0 Å². The zero-order valence-corrected chi connectivity index (χ0v) is 11.2. The van der Waals surface area contributed by atoms with Gasteiger partial charge in [-0.1, -0.05) is 23.2 Å². The molecule has 2 rings (SSSR count). The Hall–Kier alpha value is -1.91. The summed E-state index contributed by atoms with van der Waals surface area (Å²) in [7, 11) is 0. The van der Waals surface area contributed by atoms with Crippen LogP contribution < -0.4 is 10.6 Å². The summed E-state index contributed by atoms with van der Waals surface area (Å²) < 4.78 is 0. The van der Waals surface area contributed by atoms with Gasteiger partial charge in [-0.25, -0.2) is 4.79 Å². The third kappa shape index (κ3) is 3.77. The molecule has 2 amide bonds. The Kier molecular flexibility index (Phi) is 4.14. The number of nitrogens with one attached hydrogen (secondary N) is 2. The molecule has 0 aliphatic carbocycles. The molecule has 98 valence electrons. The number of urea groups is 1. The van der Waals surface area contributed by atoms with Crippen molar-refractivity contribution in [3.05, 3.63) is 52.5 Å². The second-order valence-corrected chi connectivity index (χ2v) is 4.62. The number of phenols is 1. The van der Waals surface area contributed by atoms with Crippen molar-refractivity contribution >= 4 is 40.6 Å². The van der Waals surface area contributed by atoms with E-state index in [9.17, 15) is 9.90 Å². The number of amides is 2. The number of carbonyl (C=O) groups excluding carboxylic acids is 1. The minimum Gasteiger partial charge on any atom is -0.506 e. The van der Waals surface area contributed by atoms with Gasteiger partial charge in [0.2, 0.25) is 0 Å². The summed E-state index contributed by atoms with van der Waals surface area (Å²) in [5.41, 5.74) is 0.822. The van der Waals surface area contributed by atoms with Gasteiger partial charge in [0.25, 0.3) is 0 Å². The van der Waals surface area contributed by atoms with Crippen LogP contribution in [-0.4, -0.2) is 11.1 Å². The number of anilines is 2. The molecule has 2 aromatic rings. The number of aromatic hydroxyl groups is 1. The zero-order valence-electron chi connectivity index (χ0n) is 9.65. The van der Waals surface area contributed by atoms with Crippen LogP contribution in [0.3, 0.4) is 0 Å². The van der Waals surface area contributed by atoms with E-state index in [0.29, 0.717) is 15.7 Å². The number of carbonyl (C=O) groups is 1. The van der Waals surface area contributed by atoms with E-state index in [0.717, 1.165) is 0 Å². The third-order valence-electron chi connectivity index (χ3n) is 2.31. The van der Waals surface area contributed by atoms with Gasteiger partial charge in [-0.15, -0.1) is 0 Å². The number of hydrogen-bond donors (Lipinski definition) is 3. The van der Waals surface area contributed by atoms with Crippen molar-refractivity contribution in [3.8, 4) is 5.75 Å². The molecule has 3 N–H and O–H groups in total. The van der Waals surface area contributed by atoms with E-state index in [4.69, 9.17) is 23.2 Å². The summed E-state index contributed by atoms with van der Waals surface area (Å²) in [6.45, 7) is 0. The fourth-order valence-corrected chi connectivity index (χ4v) is 1.72. The summed E-state index contributed by atoms with van der Waals surface area (Å²) in [4.78, 5) is 11.7. The van der Waals surface area contributed by atoms with E-state index >= 15 is 0 Å². The second-order valence-electron chi connectivity index (χ2n) is 3.75. The molecule has 0 saturated carbocycles. The number of benzene rings is 2. The lowest BCUT2D eigenvalue weighted by Crippen LogP contribution is -2.19. The van der Waals surface area contributed by atoms with Gasteiger partial charge in [0.05, 0.1) is 5.69 Å². The summed E-state index contributed by atoms with van der Waals surface area (Å²) in [6.07, 6.45) is 0. The molecule has 0 unspecified atom stereocenters. The Labute approximate surface area is 120 Å². The average molecular weight is 297 g/mol. The van der Waals surface area contributed by atoms with E-state index in [1.165, 1.54) is 18.2 Å². The van der Waals surface area contributed by atoms with Crippen LogP contribution in [0.5, 0.6) is 5.75 Å². The highest BCUT2D eigenvalue weighted by Gasteiger charge is 2.07. The van der Waals surface area contributed by atoms with Gasteiger partial charge in [0, 0.05) is 15.7 Å². The van der Waals surface area contributed by atoms with Crippen LogP contribution in [0.25, 0.3) is 0 Å².